The number of aliphatic hydroxyl groups is 1. The maximum atomic E-state index is 8.86. The van der Waals surface area contributed by atoms with Crippen LogP contribution in [0.25, 0.3) is 0 Å². The fourth-order valence-electron chi connectivity index (χ4n) is 0.925. The summed E-state index contributed by atoms with van der Waals surface area (Å²) in [6.45, 7) is 1.90. The molecule has 1 rings (SSSR count). The molecule has 0 heterocycles. The summed E-state index contributed by atoms with van der Waals surface area (Å²) in [6.07, 6.45) is 0. The van der Waals surface area contributed by atoms with Crippen molar-refractivity contribution in [3.05, 3.63) is 28.3 Å². The van der Waals surface area contributed by atoms with Crippen LogP contribution >= 0.6 is 24.2 Å². The molecular weight excluding hydrogens is 180 g/mol. The number of benzene rings is 1. The molecule has 0 spiro atoms. The highest BCUT2D eigenvalue weighted by Crippen LogP contribution is 2.23. The second kappa shape index (κ2) is 3.48. The average Bonchev–Trinajstić information content (AvgIpc) is 1.96. The molecule has 0 saturated heterocycles. The second-order valence-corrected chi connectivity index (χ2v) is 3.27. The topological polar surface area (TPSA) is 20.2 Å². The van der Waals surface area contributed by atoms with Crippen LogP contribution in [0.2, 0.25) is 5.02 Å². The molecule has 0 aliphatic carbocycles. The van der Waals surface area contributed by atoms with Crippen molar-refractivity contribution in [2.45, 2.75) is 18.4 Å². The summed E-state index contributed by atoms with van der Waals surface area (Å²) in [5, 5.41) is 9.50. The van der Waals surface area contributed by atoms with E-state index in [-0.39, 0.29) is 6.61 Å². The van der Waals surface area contributed by atoms with Gasteiger partial charge in [-0.2, -0.15) is 0 Å². The Balaban J connectivity index is 3.24. The third kappa shape index (κ3) is 1.89. The van der Waals surface area contributed by atoms with Crippen LogP contribution in [-0.4, -0.2) is 5.11 Å². The van der Waals surface area contributed by atoms with E-state index in [2.05, 4.69) is 12.6 Å². The predicted molar refractivity (Wildman–Crippen MR) is 49.4 cm³/mol. The molecule has 3 heteroatoms. The van der Waals surface area contributed by atoms with Crippen molar-refractivity contribution in [1.29, 1.82) is 0 Å². The molecule has 0 saturated carbocycles. The molecule has 0 unspecified atom stereocenters. The first kappa shape index (κ1) is 8.91. The Morgan fingerprint density at radius 2 is 2.18 bits per heavy atom. The van der Waals surface area contributed by atoms with Gasteiger partial charge in [0.15, 0.2) is 0 Å². The van der Waals surface area contributed by atoms with Gasteiger partial charge in [0.25, 0.3) is 0 Å². The van der Waals surface area contributed by atoms with E-state index >= 15 is 0 Å². The Morgan fingerprint density at radius 3 is 2.73 bits per heavy atom. The van der Waals surface area contributed by atoms with Crippen molar-refractivity contribution in [3.8, 4) is 0 Å². The van der Waals surface area contributed by atoms with Crippen LogP contribution in [0.3, 0.4) is 0 Å². The van der Waals surface area contributed by atoms with Crippen molar-refractivity contribution < 1.29 is 5.11 Å². The summed E-state index contributed by atoms with van der Waals surface area (Å²) in [6, 6.07) is 3.54. The van der Waals surface area contributed by atoms with Gasteiger partial charge in [-0.25, -0.2) is 0 Å². The van der Waals surface area contributed by atoms with E-state index in [1.165, 1.54) is 0 Å². The van der Waals surface area contributed by atoms with Crippen molar-refractivity contribution in [1.82, 2.24) is 0 Å². The summed E-state index contributed by atoms with van der Waals surface area (Å²) in [7, 11) is 0. The zero-order valence-corrected chi connectivity index (χ0v) is 7.78. The molecule has 1 aromatic rings. The Morgan fingerprint density at radius 1 is 1.55 bits per heavy atom. The minimum absolute atomic E-state index is 0.0137. The number of halogens is 1. The summed E-state index contributed by atoms with van der Waals surface area (Å²) in [5.41, 5.74) is 1.77. The maximum Gasteiger partial charge on any atom is 0.0693 e. The lowest BCUT2D eigenvalue weighted by Gasteiger charge is -2.05. The normalized spacial score (nSPS) is 10.2. The fourth-order valence-corrected chi connectivity index (χ4v) is 1.42. The number of hydrogen-bond donors (Lipinski definition) is 2. The van der Waals surface area contributed by atoms with Crippen LogP contribution in [0.5, 0.6) is 0 Å². The van der Waals surface area contributed by atoms with Gasteiger partial charge in [-0.15, -0.1) is 12.6 Å². The van der Waals surface area contributed by atoms with Gasteiger partial charge in [0, 0.05) is 9.92 Å². The Hall–Kier alpha value is -0.180. The largest absolute Gasteiger partial charge is 0.392 e. The van der Waals surface area contributed by atoms with Gasteiger partial charge in [-0.3, -0.25) is 0 Å². The van der Waals surface area contributed by atoms with Gasteiger partial charge >= 0.3 is 0 Å². The highest BCUT2D eigenvalue weighted by atomic mass is 35.5. The third-order valence-corrected chi connectivity index (χ3v) is 2.37. The first-order valence-electron chi connectivity index (χ1n) is 3.24. The molecule has 1 nitrogen and oxygen atoms in total. The van der Waals surface area contributed by atoms with Crippen LogP contribution in [0.15, 0.2) is 17.0 Å². The van der Waals surface area contributed by atoms with Crippen LogP contribution in [0.1, 0.15) is 11.1 Å². The molecule has 0 bridgehead atoms. The first-order valence-corrected chi connectivity index (χ1v) is 4.06. The predicted octanol–water partition coefficient (Wildman–Crippen LogP) is 2.43. The van der Waals surface area contributed by atoms with Gasteiger partial charge < -0.3 is 5.11 Å². The summed E-state index contributed by atoms with van der Waals surface area (Å²) >= 11 is 9.98. The number of aliphatic hydroxyl groups excluding tert-OH is 1. The molecule has 11 heavy (non-hydrogen) atoms. The van der Waals surface area contributed by atoms with E-state index < -0.39 is 0 Å². The lowest BCUT2D eigenvalue weighted by Crippen LogP contribution is -1.88. The van der Waals surface area contributed by atoms with Crippen LogP contribution in [0, 0.1) is 6.92 Å². The first-order chi connectivity index (χ1) is 5.15. The minimum atomic E-state index is -0.0137. The standard InChI is InChI=1S/C8H9ClOS/c1-5-2-7(9)3-6(4-10)8(5)11/h2-3,10-11H,4H2,1H3. The summed E-state index contributed by atoms with van der Waals surface area (Å²) in [5.74, 6) is 0. The molecule has 60 valence electrons. The highest BCUT2D eigenvalue weighted by Gasteiger charge is 2.02. The second-order valence-electron chi connectivity index (χ2n) is 2.39. The SMILES string of the molecule is Cc1cc(Cl)cc(CO)c1S. The van der Waals surface area contributed by atoms with Gasteiger partial charge in [0.2, 0.25) is 0 Å². The smallest absolute Gasteiger partial charge is 0.0693 e. The van der Waals surface area contributed by atoms with Crippen LogP contribution in [0.4, 0.5) is 0 Å². The van der Waals surface area contributed by atoms with E-state index in [0.717, 1.165) is 16.0 Å². The molecule has 0 amide bonds. The van der Waals surface area contributed by atoms with Crippen molar-refractivity contribution in [3.63, 3.8) is 0 Å². The molecule has 1 N–H and O–H groups in total. The van der Waals surface area contributed by atoms with Gasteiger partial charge in [0.05, 0.1) is 6.61 Å². The zero-order valence-electron chi connectivity index (χ0n) is 6.13. The number of hydrogen-bond acceptors (Lipinski definition) is 2. The average molecular weight is 189 g/mol. The van der Waals surface area contributed by atoms with Crippen molar-refractivity contribution >= 4 is 24.2 Å². The molecule has 0 radical (unpaired) electrons. The maximum absolute atomic E-state index is 8.86. The molecule has 0 aromatic heterocycles. The molecule has 0 fully saturated rings. The van der Waals surface area contributed by atoms with E-state index in [9.17, 15) is 0 Å². The van der Waals surface area contributed by atoms with Crippen molar-refractivity contribution in [2.75, 3.05) is 0 Å². The Labute approximate surface area is 76.4 Å². The van der Waals surface area contributed by atoms with Crippen molar-refractivity contribution in [2.24, 2.45) is 0 Å². The number of thiol groups is 1. The summed E-state index contributed by atoms with van der Waals surface area (Å²) < 4.78 is 0. The van der Waals surface area contributed by atoms with E-state index in [1.54, 1.807) is 6.07 Å². The molecular formula is C8H9ClOS. The lowest BCUT2D eigenvalue weighted by molar-refractivity contribution is 0.279. The minimum Gasteiger partial charge on any atom is -0.392 e. The Kier molecular flexibility index (Phi) is 2.82. The van der Waals surface area contributed by atoms with Gasteiger partial charge in [-0.1, -0.05) is 11.6 Å². The van der Waals surface area contributed by atoms with Crippen LogP contribution < -0.4 is 0 Å². The lowest BCUT2D eigenvalue weighted by atomic mass is 10.1. The monoisotopic (exact) mass is 188 g/mol. The fraction of sp³-hybridized carbons (Fsp3) is 0.250. The van der Waals surface area contributed by atoms with E-state index in [1.807, 2.05) is 13.0 Å². The summed E-state index contributed by atoms with van der Waals surface area (Å²) in [4.78, 5) is 0.817. The quantitative estimate of drug-likeness (QED) is 0.649. The zero-order chi connectivity index (χ0) is 8.43. The van der Waals surface area contributed by atoms with E-state index in [0.29, 0.717) is 5.02 Å². The molecule has 0 atom stereocenters. The Bertz CT molecular complexity index is 273. The van der Waals surface area contributed by atoms with E-state index in [4.69, 9.17) is 16.7 Å². The highest BCUT2D eigenvalue weighted by molar-refractivity contribution is 7.80. The molecule has 0 aliphatic heterocycles. The molecule has 0 aliphatic rings. The third-order valence-electron chi connectivity index (χ3n) is 1.51. The van der Waals surface area contributed by atoms with Gasteiger partial charge in [0.1, 0.15) is 0 Å². The number of rotatable bonds is 1. The number of aryl methyl sites for hydroxylation is 1. The van der Waals surface area contributed by atoms with Gasteiger partial charge in [-0.05, 0) is 30.2 Å². The molecule has 1 aromatic carbocycles. The van der Waals surface area contributed by atoms with Crippen LogP contribution in [-0.2, 0) is 6.61 Å².